The van der Waals surface area contributed by atoms with Crippen LogP contribution in [0.3, 0.4) is 0 Å². The molecule has 0 radical (unpaired) electrons. The second kappa shape index (κ2) is 3.58. The second-order valence-electron chi connectivity index (χ2n) is 3.09. The van der Waals surface area contributed by atoms with Gasteiger partial charge in [0.15, 0.2) is 0 Å². The Bertz CT molecular complexity index is 461. The fourth-order valence-corrected chi connectivity index (χ4v) is 1.41. The van der Waals surface area contributed by atoms with Crippen LogP contribution in [0.4, 0.5) is 13.2 Å². The first-order chi connectivity index (χ1) is 7.06. The molecule has 0 amide bonds. The smallest absolute Gasteiger partial charge is 0.361 e. The molecular formula is C10H8F3NO. The monoisotopic (exact) mass is 215 g/mol. The van der Waals surface area contributed by atoms with E-state index in [1.54, 1.807) is 18.2 Å². The van der Waals surface area contributed by atoms with E-state index in [0.29, 0.717) is 5.56 Å². The van der Waals surface area contributed by atoms with Gasteiger partial charge in [0, 0.05) is 22.7 Å². The molecule has 0 saturated carbocycles. The predicted octanol–water partition coefficient (Wildman–Crippen LogP) is 3.20. The number of rotatable bonds is 2. The third-order valence-corrected chi connectivity index (χ3v) is 2.07. The van der Waals surface area contributed by atoms with Crippen LogP contribution in [0.25, 0.3) is 10.9 Å². The number of aromatic nitrogens is 1. The van der Waals surface area contributed by atoms with E-state index in [9.17, 15) is 13.2 Å². The van der Waals surface area contributed by atoms with Crippen molar-refractivity contribution >= 4 is 10.9 Å². The molecule has 0 aliphatic rings. The number of halogens is 3. The van der Waals surface area contributed by atoms with Gasteiger partial charge >= 0.3 is 6.36 Å². The van der Waals surface area contributed by atoms with Crippen LogP contribution in [-0.4, -0.2) is 11.3 Å². The molecule has 0 fully saturated rings. The Kier molecular flexibility index (Phi) is 2.40. The van der Waals surface area contributed by atoms with Gasteiger partial charge in [-0.25, -0.2) is 0 Å². The highest BCUT2D eigenvalue weighted by molar-refractivity contribution is 5.82. The van der Waals surface area contributed by atoms with E-state index >= 15 is 0 Å². The molecule has 0 aliphatic carbocycles. The van der Waals surface area contributed by atoms with Gasteiger partial charge in [-0.2, -0.15) is 0 Å². The lowest BCUT2D eigenvalue weighted by Gasteiger charge is -2.05. The van der Waals surface area contributed by atoms with Crippen LogP contribution in [0.5, 0.6) is 0 Å². The minimum atomic E-state index is -4.58. The lowest BCUT2D eigenvalue weighted by molar-refractivity contribution is -0.330. The normalized spacial score (nSPS) is 12.2. The lowest BCUT2D eigenvalue weighted by atomic mass is 10.2. The minimum Gasteiger partial charge on any atom is -0.361 e. The number of fused-ring (bicyclic) bond motifs is 1. The Labute approximate surface area is 83.7 Å². The van der Waals surface area contributed by atoms with Gasteiger partial charge in [0.2, 0.25) is 0 Å². The van der Waals surface area contributed by atoms with Gasteiger partial charge in [-0.05, 0) is 6.07 Å². The van der Waals surface area contributed by atoms with E-state index in [2.05, 4.69) is 9.72 Å². The molecule has 1 N–H and O–H groups in total. The maximum atomic E-state index is 11.8. The van der Waals surface area contributed by atoms with E-state index in [1.807, 2.05) is 6.07 Å². The molecular weight excluding hydrogens is 207 g/mol. The summed E-state index contributed by atoms with van der Waals surface area (Å²) in [6.07, 6.45) is -3.06. The molecule has 0 saturated heterocycles. The molecule has 0 atom stereocenters. The average molecular weight is 215 g/mol. The molecule has 2 rings (SSSR count). The maximum Gasteiger partial charge on any atom is 0.522 e. The molecule has 1 aromatic carbocycles. The number of aromatic amines is 1. The van der Waals surface area contributed by atoms with Crippen LogP contribution >= 0.6 is 0 Å². The minimum absolute atomic E-state index is 0.465. The fourth-order valence-electron chi connectivity index (χ4n) is 1.41. The summed E-state index contributed by atoms with van der Waals surface area (Å²) >= 11 is 0. The number of H-pyrrole nitrogens is 1. The number of nitrogens with one attached hydrogen (secondary N) is 1. The van der Waals surface area contributed by atoms with E-state index < -0.39 is 13.0 Å². The van der Waals surface area contributed by atoms with E-state index in [1.165, 1.54) is 6.20 Å². The summed E-state index contributed by atoms with van der Waals surface area (Å²) in [5, 5.41) is 0.752. The Balaban J connectivity index is 2.22. The zero-order chi connectivity index (χ0) is 10.9. The SMILES string of the molecule is FC(F)(F)OCc1c[nH]c2ccccc12. The molecule has 1 heterocycles. The third kappa shape index (κ3) is 2.30. The largest absolute Gasteiger partial charge is 0.522 e. The first-order valence-electron chi connectivity index (χ1n) is 4.32. The lowest BCUT2D eigenvalue weighted by Crippen LogP contribution is -2.12. The molecule has 0 spiro atoms. The zero-order valence-corrected chi connectivity index (χ0v) is 7.64. The Morgan fingerprint density at radius 2 is 1.93 bits per heavy atom. The van der Waals surface area contributed by atoms with Gasteiger partial charge in [-0.1, -0.05) is 18.2 Å². The van der Waals surface area contributed by atoms with Crippen molar-refractivity contribution in [3.63, 3.8) is 0 Å². The summed E-state index contributed by atoms with van der Waals surface area (Å²) in [7, 11) is 0. The van der Waals surface area contributed by atoms with Crippen molar-refractivity contribution in [2.24, 2.45) is 0 Å². The van der Waals surface area contributed by atoms with Crippen LogP contribution in [-0.2, 0) is 11.3 Å². The average Bonchev–Trinajstić information content (AvgIpc) is 2.57. The highest BCUT2D eigenvalue weighted by Crippen LogP contribution is 2.23. The number of hydrogen-bond donors (Lipinski definition) is 1. The van der Waals surface area contributed by atoms with Crippen LogP contribution in [0.1, 0.15) is 5.56 Å². The van der Waals surface area contributed by atoms with Crippen LogP contribution < -0.4 is 0 Å². The van der Waals surface area contributed by atoms with Crippen LogP contribution in [0.15, 0.2) is 30.5 Å². The fraction of sp³-hybridized carbons (Fsp3) is 0.200. The van der Waals surface area contributed by atoms with Crippen LogP contribution in [0.2, 0.25) is 0 Å². The van der Waals surface area contributed by atoms with Gasteiger partial charge in [-0.3, -0.25) is 4.74 Å². The Hall–Kier alpha value is -1.49. The van der Waals surface area contributed by atoms with Gasteiger partial charge in [0.1, 0.15) is 0 Å². The van der Waals surface area contributed by atoms with Crippen molar-refractivity contribution in [2.45, 2.75) is 13.0 Å². The maximum absolute atomic E-state index is 11.8. The summed E-state index contributed by atoms with van der Waals surface area (Å²) in [6.45, 7) is -0.465. The summed E-state index contributed by atoms with van der Waals surface area (Å²) in [5.41, 5.74) is 1.31. The van der Waals surface area contributed by atoms with Gasteiger partial charge in [0.05, 0.1) is 6.61 Å². The number of ether oxygens (including phenoxy) is 1. The Morgan fingerprint density at radius 3 is 2.67 bits per heavy atom. The first kappa shape index (κ1) is 10.0. The Morgan fingerprint density at radius 1 is 1.20 bits per heavy atom. The summed E-state index contributed by atoms with van der Waals surface area (Å²) in [4.78, 5) is 2.88. The molecule has 5 heteroatoms. The highest BCUT2D eigenvalue weighted by atomic mass is 19.4. The van der Waals surface area contributed by atoms with Crippen molar-refractivity contribution in [2.75, 3.05) is 0 Å². The van der Waals surface area contributed by atoms with Crippen LogP contribution in [0, 0.1) is 0 Å². The second-order valence-corrected chi connectivity index (χ2v) is 3.09. The molecule has 2 nitrogen and oxygen atoms in total. The topological polar surface area (TPSA) is 25.0 Å². The number of alkyl halides is 3. The van der Waals surface area contributed by atoms with Crippen molar-refractivity contribution < 1.29 is 17.9 Å². The molecule has 0 unspecified atom stereocenters. The van der Waals surface area contributed by atoms with Gasteiger partial charge in [0.25, 0.3) is 0 Å². The number of benzene rings is 1. The quantitative estimate of drug-likeness (QED) is 0.817. The third-order valence-electron chi connectivity index (χ3n) is 2.07. The number of para-hydroxylation sites is 1. The van der Waals surface area contributed by atoms with Crippen molar-refractivity contribution in [1.82, 2.24) is 4.98 Å². The van der Waals surface area contributed by atoms with Crippen molar-refractivity contribution in [1.29, 1.82) is 0 Å². The summed E-state index contributed by atoms with van der Waals surface area (Å²) in [5.74, 6) is 0. The predicted molar refractivity (Wildman–Crippen MR) is 49.1 cm³/mol. The van der Waals surface area contributed by atoms with Gasteiger partial charge in [-0.15, -0.1) is 13.2 Å². The number of hydrogen-bond acceptors (Lipinski definition) is 1. The van der Waals surface area contributed by atoms with E-state index in [4.69, 9.17) is 0 Å². The molecule has 15 heavy (non-hydrogen) atoms. The molecule has 0 aliphatic heterocycles. The molecule has 80 valence electrons. The van der Waals surface area contributed by atoms with Crippen molar-refractivity contribution in [3.05, 3.63) is 36.0 Å². The highest BCUT2D eigenvalue weighted by Gasteiger charge is 2.29. The standard InChI is InChI=1S/C10H8F3NO/c11-10(12,13)15-6-7-5-14-9-4-2-1-3-8(7)9/h1-5,14H,6H2. The summed E-state index contributed by atoms with van der Waals surface area (Å²) < 4.78 is 39.2. The molecule has 0 bridgehead atoms. The summed E-state index contributed by atoms with van der Waals surface area (Å²) in [6, 6.07) is 7.13. The van der Waals surface area contributed by atoms with E-state index in [-0.39, 0.29) is 0 Å². The zero-order valence-electron chi connectivity index (χ0n) is 7.64. The molecule has 2 aromatic rings. The van der Waals surface area contributed by atoms with Gasteiger partial charge < -0.3 is 4.98 Å². The van der Waals surface area contributed by atoms with Crippen molar-refractivity contribution in [3.8, 4) is 0 Å². The molecule has 1 aromatic heterocycles. The first-order valence-corrected chi connectivity index (χ1v) is 4.32. The van der Waals surface area contributed by atoms with E-state index in [0.717, 1.165) is 10.9 Å².